The number of allylic oxidation sites excluding steroid dienone is 1. The maximum atomic E-state index is 11.1. The first-order valence-electron chi connectivity index (χ1n) is 7.64. The smallest absolute Gasteiger partial charge is 0.304 e. The summed E-state index contributed by atoms with van der Waals surface area (Å²) in [5.74, 6) is 9.72. The molecular weight excluding hydrogens is 292 g/mol. The molecule has 0 aromatic heterocycles. The van der Waals surface area contributed by atoms with Gasteiger partial charge >= 0.3 is 11.9 Å². The number of hydrogen-bond donors (Lipinski definition) is 0. The molecule has 0 bridgehead atoms. The third kappa shape index (κ3) is 13.0. The molecule has 124 valence electrons. The molecule has 0 aromatic carbocycles. The molecule has 4 heteroatoms. The average molecular weight is 316 g/mol. The molecule has 0 saturated carbocycles. The zero-order valence-electron chi connectivity index (χ0n) is 14.1. The number of esters is 2. The molecule has 0 fully saturated rings. The van der Waals surface area contributed by atoms with Crippen LogP contribution in [0.25, 0.3) is 0 Å². The lowest BCUT2D eigenvalue weighted by atomic mass is 10.2. The maximum absolute atomic E-state index is 11.1. The van der Waals surface area contributed by atoms with Crippen LogP contribution in [0, 0.1) is 23.7 Å². The predicted molar refractivity (Wildman–Crippen MR) is 90.1 cm³/mol. The van der Waals surface area contributed by atoms with E-state index in [1.165, 1.54) is 26.3 Å². The second-order valence-electron chi connectivity index (χ2n) is 4.76. The van der Waals surface area contributed by atoms with E-state index < -0.39 is 24.1 Å². The number of hydrogen-bond acceptors (Lipinski definition) is 4. The first kappa shape index (κ1) is 20.5. The lowest BCUT2D eigenvalue weighted by Gasteiger charge is -2.05. The zero-order chi connectivity index (χ0) is 17.5. The van der Waals surface area contributed by atoms with Gasteiger partial charge in [-0.05, 0) is 48.7 Å². The van der Waals surface area contributed by atoms with Crippen molar-refractivity contribution >= 4 is 11.9 Å². The summed E-state index contributed by atoms with van der Waals surface area (Å²) in [5, 5.41) is 0. The van der Waals surface area contributed by atoms with Gasteiger partial charge in [0.25, 0.3) is 0 Å². The number of carbonyl (C=O) groups excluding carboxylic acids is 2. The normalized spacial score (nSPS) is 12.1. The molecule has 0 radical (unpaired) electrons. The van der Waals surface area contributed by atoms with Crippen molar-refractivity contribution < 1.29 is 19.1 Å². The fraction of sp³-hybridized carbons (Fsp3) is 0.474. The minimum atomic E-state index is -0.696. The molecule has 2 unspecified atom stereocenters. The highest BCUT2D eigenvalue weighted by Crippen LogP contribution is 2.02. The van der Waals surface area contributed by atoms with Gasteiger partial charge in [-0.25, -0.2) is 0 Å². The van der Waals surface area contributed by atoms with Crippen molar-refractivity contribution in [3.63, 3.8) is 0 Å². The Balaban J connectivity index is 4.69. The molecule has 0 aliphatic carbocycles. The Hall–Kier alpha value is -2.46. The largest absolute Gasteiger partial charge is 0.445 e. The number of carbonyl (C=O) groups is 2. The van der Waals surface area contributed by atoms with Crippen LogP contribution in [0.4, 0.5) is 0 Å². The van der Waals surface area contributed by atoms with Crippen LogP contribution in [0.15, 0.2) is 24.8 Å². The van der Waals surface area contributed by atoms with E-state index in [9.17, 15) is 9.59 Å². The minimum absolute atomic E-state index is 0.403. The van der Waals surface area contributed by atoms with Gasteiger partial charge in [0, 0.05) is 13.8 Å². The second-order valence-corrected chi connectivity index (χ2v) is 4.76. The van der Waals surface area contributed by atoms with Gasteiger partial charge < -0.3 is 9.47 Å². The van der Waals surface area contributed by atoms with Crippen LogP contribution >= 0.6 is 0 Å². The summed E-state index contributed by atoms with van der Waals surface area (Å²) >= 11 is 0. The Morgan fingerprint density at radius 3 is 2.13 bits per heavy atom. The molecular formula is C19H24O4. The molecule has 0 aromatic rings. The van der Waals surface area contributed by atoms with Crippen molar-refractivity contribution in [2.45, 2.75) is 58.7 Å². The van der Waals surface area contributed by atoms with Crippen molar-refractivity contribution in [1.29, 1.82) is 0 Å². The fourth-order valence-corrected chi connectivity index (χ4v) is 1.56. The summed E-state index contributed by atoms with van der Waals surface area (Å²) in [5.41, 5.74) is 0. The number of ether oxygens (including phenoxy) is 2. The van der Waals surface area contributed by atoms with E-state index in [4.69, 9.17) is 9.47 Å². The van der Waals surface area contributed by atoms with Gasteiger partial charge in [0.2, 0.25) is 0 Å². The molecule has 0 N–H and O–H groups in total. The van der Waals surface area contributed by atoms with Gasteiger partial charge in [-0.3, -0.25) is 9.59 Å². The van der Waals surface area contributed by atoms with Crippen molar-refractivity contribution in [2.24, 2.45) is 0 Å². The molecule has 0 amide bonds. The molecule has 0 aliphatic rings. The topological polar surface area (TPSA) is 52.6 Å². The van der Waals surface area contributed by atoms with Gasteiger partial charge in [-0.15, -0.1) is 0 Å². The summed E-state index contributed by atoms with van der Waals surface area (Å²) in [6.45, 7) is 8.29. The quantitative estimate of drug-likeness (QED) is 0.299. The number of rotatable bonds is 8. The van der Waals surface area contributed by atoms with Crippen molar-refractivity contribution in [3.8, 4) is 23.7 Å². The maximum Gasteiger partial charge on any atom is 0.304 e. The highest BCUT2D eigenvalue weighted by atomic mass is 16.5. The van der Waals surface area contributed by atoms with Crippen molar-refractivity contribution in [1.82, 2.24) is 0 Å². The van der Waals surface area contributed by atoms with E-state index in [1.807, 2.05) is 6.08 Å². The molecule has 0 heterocycles. The fourth-order valence-electron chi connectivity index (χ4n) is 1.56. The Morgan fingerprint density at radius 2 is 1.61 bits per heavy atom. The first-order valence-corrected chi connectivity index (χ1v) is 7.64. The van der Waals surface area contributed by atoms with E-state index in [-0.39, 0.29) is 0 Å². The van der Waals surface area contributed by atoms with E-state index in [1.54, 1.807) is 6.08 Å². The molecule has 0 spiro atoms. The molecule has 0 aliphatic heterocycles. The monoisotopic (exact) mass is 316 g/mol. The van der Waals surface area contributed by atoms with Gasteiger partial charge in [0.15, 0.2) is 12.2 Å². The lowest BCUT2D eigenvalue weighted by Crippen LogP contribution is -2.11. The van der Waals surface area contributed by atoms with E-state index in [0.717, 1.165) is 19.3 Å². The van der Waals surface area contributed by atoms with Crippen LogP contribution < -0.4 is 0 Å². The van der Waals surface area contributed by atoms with Crippen LogP contribution in [0.3, 0.4) is 0 Å². The molecule has 4 nitrogen and oxygen atoms in total. The SMILES string of the molecule is C=CC(C#CC#CC(C=CCCCCC)OC(C)=O)OC(C)=O. The summed E-state index contributed by atoms with van der Waals surface area (Å²) in [6.07, 6.45) is 8.13. The van der Waals surface area contributed by atoms with Gasteiger partial charge in [-0.2, -0.15) is 0 Å². The van der Waals surface area contributed by atoms with E-state index >= 15 is 0 Å². The lowest BCUT2D eigenvalue weighted by molar-refractivity contribution is -0.143. The Labute approximate surface area is 138 Å². The minimum Gasteiger partial charge on any atom is -0.445 e. The highest BCUT2D eigenvalue weighted by Gasteiger charge is 2.03. The third-order valence-corrected chi connectivity index (χ3v) is 2.58. The summed E-state index contributed by atoms with van der Waals surface area (Å²) in [6, 6.07) is 0. The third-order valence-electron chi connectivity index (χ3n) is 2.58. The standard InChI is InChI=1S/C19H24O4/c1-5-7-8-9-10-14-19(23-17(4)21)15-12-11-13-18(6-2)22-16(3)20/h6,10,14,18-19H,2,5,7-9H2,1,3-4H3. The van der Waals surface area contributed by atoms with Crippen LogP contribution in [-0.2, 0) is 19.1 Å². The Morgan fingerprint density at radius 1 is 1.04 bits per heavy atom. The average Bonchev–Trinajstić information content (AvgIpc) is 2.48. The van der Waals surface area contributed by atoms with Crippen LogP contribution in [-0.4, -0.2) is 24.1 Å². The van der Waals surface area contributed by atoms with Gasteiger partial charge in [-0.1, -0.05) is 32.4 Å². The number of unbranched alkanes of at least 4 members (excludes halogenated alkanes) is 3. The second kappa shape index (κ2) is 13.2. The van der Waals surface area contributed by atoms with Gasteiger partial charge in [0.05, 0.1) is 0 Å². The Kier molecular flexibility index (Phi) is 11.8. The molecule has 0 rings (SSSR count). The van der Waals surface area contributed by atoms with Crippen molar-refractivity contribution in [3.05, 3.63) is 24.8 Å². The first-order chi connectivity index (χ1) is 11.0. The summed E-state index contributed by atoms with van der Waals surface area (Å²) in [7, 11) is 0. The molecule has 2 atom stereocenters. The predicted octanol–water partition coefficient (Wildman–Crippen LogP) is 3.18. The highest BCUT2D eigenvalue weighted by molar-refractivity contribution is 5.67. The van der Waals surface area contributed by atoms with Crippen molar-refractivity contribution in [2.75, 3.05) is 0 Å². The molecule has 0 saturated heterocycles. The van der Waals surface area contributed by atoms with E-state index in [2.05, 4.69) is 37.2 Å². The van der Waals surface area contributed by atoms with E-state index in [0.29, 0.717) is 0 Å². The Bertz CT molecular complexity index is 537. The molecule has 23 heavy (non-hydrogen) atoms. The van der Waals surface area contributed by atoms with Crippen LogP contribution in [0.1, 0.15) is 46.5 Å². The summed E-state index contributed by atoms with van der Waals surface area (Å²) < 4.78 is 9.96. The summed E-state index contributed by atoms with van der Waals surface area (Å²) in [4.78, 5) is 21.9. The van der Waals surface area contributed by atoms with Crippen LogP contribution in [0.5, 0.6) is 0 Å². The van der Waals surface area contributed by atoms with Crippen LogP contribution in [0.2, 0.25) is 0 Å². The zero-order valence-corrected chi connectivity index (χ0v) is 14.1. The van der Waals surface area contributed by atoms with Gasteiger partial charge in [0.1, 0.15) is 0 Å².